The van der Waals surface area contributed by atoms with Gasteiger partial charge in [0.2, 0.25) is 10.0 Å². The topological polar surface area (TPSA) is 80.5 Å². The molecule has 2 N–H and O–H groups in total. The van der Waals surface area contributed by atoms with Crippen molar-refractivity contribution < 1.29 is 17.6 Å². The molecule has 1 fully saturated rings. The largest absolute Gasteiger partial charge is 0.339 e. The van der Waals surface area contributed by atoms with Crippen LogP contribution in [0.2, 0.25) is 0 Å². The Labute approximate surface area is 125 Å². The quantitative estimate of drug-likeness (QED) is 0.888. The Hall–Kier alpha value is -0.990. The number of nitrogens with two attached hydrogens (primary N) is 1. The molecular formula is C12H14BrFN2O3S. The third-order valence-corrected chi connectivity index (χ3v) is 5.37. The Morgan fingerprint density at radius 3 is 2.50 bits per heavy atom. The number of carbonyl (C=O) groups excluding carboxylic acids is 1. The van der Waals surface area contributed by atoms with E-state index in [-0.39, 0.29) is 21.0 Å². The second-order valence-electron chi connectivity index (χ2n) is 4.81. The third-order valence-electron chi connectivity index (χ3n) is 3.50. The average molecular weight is 365 g/mol. The van der Waals surface area contributed by atoms with Crippen LogP contribution in [0, 0.1) is 5.82 Å². The summed E-state index contributed by atoms with van der Waals surface area (Å²) in [6.07, 6.45) is 2.79. The molecule has 1 amide bonds. The van der Waals surface area contributed by atoms with E-state index in [1.165, 1.54) is 4.90 Å². The maximum absolute atomic E-state index is 13.9. The fourth-order valence-corrected chi connectivity index (χ4v) is 3.65. The molecule has 0 aliphatic heterocycles. The van der Waals surface area contributed by atoms with Gasteiger partial charge in [-0.2, -0.15) is 0 Å². The van der Waals surface area contributed by atoms with Crippen molar-refractivity contribution in [3.63, 3.8) is 0 Å². The lowest BCUT2D eigenvalue weighted by Crippen LogP contribution is -2.41. The number of nitrogens with zero attached hydrogens (tertiary/aromatic N) is 1. The van der Waals surface area contributed by atoms with E-state index in [2.05, 4.69) is 15.9 Å². The molecule has 0 spiro atoms. The fraction of sp³-hybridized carbons (Fsp3) is 0.417. The number of amides is 1. The normalized spacial score (nSPS) is 15.8. The van der Waals surface area contributed by atoms with E-state index in [0.29, 0.717) is 0 Å². The number of primary sulfonamides is 1. The van der Waals surface area contributed by atoms with Crippen LogP contribution < -0.4 is 5.14 Å². The molecule has 5 nitrogen and oxygen atoms in total. The molecule has 20 heavy (non-hydrogen) atoms. The van der Waals surface area contributed by atoms with Crippen LogP contribution in [0.1, 0.15) is 29.6 Å². The standard InChI is InChI=1S/C12H14BrFN2O3S/c1-16(7-3-2-4-7)12(17)8-5-11(20(15,18)19)9(13)6-10(8)14/h5-7H,2-4H2,1H3,(H2,15,18,19). The smallest absolute Gasteiger partial charge is 0.256 e. The van der Waals surface area contributed by atoms with E-state index in [1.807, 2.05) is 0 Å². The van der Waals surface area contributed by atoms with Gasteiger partial charge in [-0.15, -0.1) is 0 Å². The van der Waals surface area contributed by atoms with E-state index in [1.54, 1.807) is 7.05 Å². The summed E-state index contributed by atoms with van der Waals surface area (Å²) in [5.74, 6) is -1.31. The van der Waals surface area contributed by atoms with Gasteiger partial charge in [0.05, 0.1) is 10.5 Å². The van der Waals surface area contributed by atoms with Crippen molar-refractivity contribution in [1.82, 2.24) is 4.90 Å². The zero-order valence-corrected chi connectivity index (χ0v) is 13.2. The van der Waals surface area contributed by atoms with Crippen molar-refractivity contribution in [2.24, 2.45) is 5.14 Å². The molecule has 0 aromatic heterocycles. The Bertz CT molecular complexity index is 659. The van der Waals surface area contributed by atoms with Gasteiger partial charge >= 0.3 is 0 Å². The summed E-state index contributed by atoms with van der Waals surface area (Å²) in [6.45, 7) is 0. The lowest BCUT2D eigenvalue weighted by molar-refractivity contribution is 0.0647. The minimum absolute atomic E-state index is 0.000322. The molecule has 0 atom stereocenters. The maximum Gasteiger partial charge on any atom is 0.256 e. The Balaban J connectivity index is 2.43. The average Bonchev–Trinajstić information content (AvgIpc) is 2.23. The molecule has 1 aromatic rings. The van der Waals surface area contributed by atoms with Gasteiger partial charge in [-0.3, -0.25) is 4.79 Å². The maximum atomic E-state index is 13.9. The highest BCUT2D eigenvalue weighted by atomic mass is 79.9. The van der Waals surface area contributed by atoms with Crippen LogP contribution in [0.25, 0.3) is 0 Å². The van der Waals surface area contributed by atoms with Gasteiger partial charge in [-0.1, -0.05) is 0 Å². The molecule has 1 saturated carbocycles. The minimum atomic E-state index is -4.03. The van der Waals surface area contributed by atoms with Crippen LogP contribution in [0.4, 0.5) is 4.39 Å². The van der Waals surface area contributed by atoms with Gasteiger partial charge in [0.1, 0.15) is 5.82 Å². The van der Waals surface area contributed by atoms with E-state index in [4.69, 9.17) is 5.14 Å². The highest BCUT2D eigenvalue weighted by molar-refractivity contribution is 9.10. The van der Waals surface area contributed by atoms with Crippen molar-refractivity contribution in [2.45, 2.75) is 30.2 Å². The summed E-state index contributed by atoms with van der Waals surface area (Å²) in [5.41, 5.74) is -0.286. The summed E-state index contributed by atoms with van der Waals surface area (Å²) >= 11 is 2.93. The summed E-state index contributed by atoms with van der Waals surface area (Å²) in [6, 6.07) is 2.01. The third kappa shape index (κ3) is 2.87. The molecule has 0 radical (unpaired) electrons. The molecule has 2 rings (SSSR count). The first kappa shape index (κ1) is 15.4. The molecule has 0 heterocycles. The predicted octanol–water partition coefficient (Wildman–Crippen LogP) is 1.86. The molecule has 1 aliphatic carbocycles. The number of carbonyl (C=O) groups is 1. The van der Waals surface area contributed by atoms with Crippen LogP contribution in [-0.4, -0.2) is 32.3 Å². The van der Waals surface area contributed by atoms with Crippen molar-refractivity contribution >= 4 is 31.9 Å². The van der Waals surface area contributed by atoms with Crippen molar-refractivity contribution in [3.05, 3.63) is 28.0 Å². The van der Waals surface area contributed by atoms with Gasteiger partial charge in [0.15, 0.2) is 0 Å². The van der Waals surface area contributed by atoms with Crippen molar-refractivity contribution in [2.75, 3.05) is 7.05 Å². The first-order valence-electron chi connectivity index (χ1n) is 6.01. The molecule has 1 aromatic carbocycles. The van der Waals surface area contributed by atoms with E-state index >= 15 is 0 Å². The van der Waals surface area contributed by atoms with Gasteiger partial charge in [0, 0.05) is 17.6 Å². The van der Waals surface area contributed by atoms with Gasteiger partial charge in [-0.05, 0) is 47.3 Å². The van der Waals surface area contributed by atoms with Crippen LogP contribution in [0.3, 0.4) is 0 Å². The van der Waals surface area contributed by atoms with E-state index in [0.717, 1.165) is 31.4 Å². The zero-order valence-electron chi connectivity index (χ0n) is 10.8. The van der Waals surface area contributed by atoms with Crippen molar-refractivity contribution in [1.29, 1.82) is 0 Å². The molecule has 8 heteroatoms. The summed E-state index contributed by atoms with van der Waals surface area (Å²) in [5, 5.41) is 5.04. The predicted molar refractivity (Wildman–Crippen MR) is 75.2 cm³/mol. The Morgan fingerprint density at radius 1 is 1.45 bits per heavy atom. The number of hydrogen-bond donors (Lipinski definition) is 1. The van der Waals surface area contributed by atoms with Crippen molar-refractivity contribution in [3.8, 4) is 0 Å². The van der Waals surface area contributed by atoms with E-state index < -0.39 is 21.7 Å². The molecule has 0 bridgehead atoms. The van der Waals surface area contributed by atoms with Gasteiger partial charge < -0.3 is 4.90 Å². The monoisotopic (exact) mass is 364 g/mol. The SMILES string of the molecule is CN(C(=O)c1cc(S(N)(=O)=O)c(Br)cc1F)C1CCC1. The zero-order chi connectivity index (χ0) is 15.1. The fourth-order valence-electron chi connectivity index (χ4n) is 2.04. The number of rotatable bonds is 3. The molecule has 0 saturated heterocycles. The highest BCUT2D eigenvalue weighted by Gasteiger charge is 2.29. The summed E-state index contributed by atoms with van der Waals surface area (Å²) in [7, 11) is -2.44. The molecular weight excluding hydrogens is 351 g/mol. The molecule has 1 aliphatic rings. The lowest BCUT2D eigenvalue weighted by Gasteiger charge is -2.34. The first-order valence-corrected chi connectivity index (χ1v) is 8.34. The molecule has 110 valence electrons. The van der Waals surface area contributed by atoms with Gasteiger partial charge in [0.25, 0.3) is 5.91 Å². The number of sulfonamides is 1. The second-order valence-corrected chi connectivity index (χ2v) is 7.19. The van der Waals surface area contributed by atoms with Crippen LogP contribution in [0.5, 0.6) is 0 Å². The van der Waals surface area contributed by atoms with Crippen LogP contribution >= 0.6 is 15.9 Å². The lowest BCUT2D eigenvalue weighted by atomic mass is 9.91. The number of benzene rings is 1. The Morgan fingerprint density at radius 2 is 2.05 bits per heavy atom. The van der Waals surface area contributed by atoms with Crippen LogP contribution in [0.15, 0.2) is 21.5 Å². The van der Waals surface area contributed by atoms with E-state index in [9.17, 15) is 17.6 Å². The minimum Gasteiger partial charge on any atom is -0.339 e. The number of halogens is 2. The number of hydrogen-bond acceptors (Lipinski definition) is 3. The summed E-state index contributed by atoms with van der Waals surface area (Å²) < 4.78 is 36.7. The first-order chi connectivity index (χ1) is 9.21. The highest BCUT2D eigenvalue weighted by Crippen LogP contribution is 2.28. The molecule has 0 unspecified atom stereocenters. The summed E-state index contributed by atoms with van der Waals surface area (Å²) in [4.78, 5) is 13.4. The van der Waals surface area contributed by atoms with Gasteiger partial charge in [-0.25, -0.2) is 17.9 Å². The second kappa shape index (κ2) is 5.42. The Kier molecular flexibility index (Phi) is 4.17. The van der Waals surface area contributed by atoms with Crippen LogP contribution in [-0.2, 0) is 10.0 Å².